The maximum absolute atomic E-state index is 12.9. The molecule has 1 fully saturated rings. The van der Waals surface area contributed by atoms with Gasteiger partial charge in [-0.15, -0.1) is 0 Å². The molecule has 18 heavy (non-hydrogen) atoms. The summed E-state index contributed by atoms with van der Waals surface area (Å²) in [5, 5.41) is 0. The molecule has 0 saturated carbocycles. The maximum Gasteiger partial charge on any atom is 0.418 e. The number of halogens is 3. The first-order chi connectivity index (χ1) is 8.52. The second-order valence-electron chi connectivity index (χ2n) is 3.99. The van der Waals surface area contributed by atoms with Crippen LogP contribution in [-0.4, -0.2) is 32.6 Å². The molecule has 6 heteroatoms. The van der Waals surface area contributed by atoms with Gasteiger partial charge < -0.3 is 9.64 Å². The lowest BCUT2D eigenvalue weighted by molar-refractivity contribution is -0.137. The molecule has 0 bridgehead atoms. The number of hydrogen-bond donors (Lipinski definition) is 0. The van der Waals surface area contributed by atoms with E-state index in [2.05, 4.69) is 0 Å². The second kappa shape index (κ2) is 4.97. The number of hydrogen-bond acceptors (Lipinski definition) is 3. The molecule has 98 valence electrons. The third-order valence-electron chi connectivity index (χ3n) is 2.82. The number of ether oxygens (including phenoxy) is 1. The van der Waals surface area contributed by atoms with E-state index < -0.39 is 11.7 Å². The van der Waals surface area contributed by atoms with Gasteiger partial charge in [0.15, 0.2) is 0 Å². The third kappa shape index (κ3) is 2.64. The smallest absolute Gasteiger partial charge is 0.378 e. The van der Waals surface area contributed by atoms with Gasteiger partial charge in [0.05, 0.1) is 18.8 Å². The molecular formula is C12H12F3NO2. The Morgan fingerprint density at radius 2 is 1.89 bits per heavy atom. The summed E-state index contributed by atoms with van der Waals surface area (Å²) in [6.07, 6.45) is -3.88. The Labute approximate surface area is 102 Å². The summed E-state index contributed by atoms with van der Waals surface area (Å²) in [6.45, 7) is 1.57. The molecular weight excluding hydrogens is 247 g/mol. The van der Waals surface area contributed by atoms with Crippen molar-refractivity contribution >= 4 is 12.0 Å². The maximum atomic E-state index is 12.9. The highest BCUT2D eigenvalue weighted by Crippen LogP contribution is 2.37. The monoisotopic (exact) mass is 259 g/mol. The minimum absolute atomic E-state index is 0.0513. The topological polar surface area (TPSA) is 29.5 Å². The van der Waals surface area contributed by atoms with E-state index in [-0.39, 0.29) is 11.3 Å². The Hall–Kier alpha value is -1.56. The number of carbonyl (C=O) groups is 1. The molecule has 1 saturated heterocycles. The second-order valence-corrected chi connectivity index (χ2v) is 3.99. The van der Waals surface area contributed by atoms with E-state index in [9.17, 15) is 18.0 Å². The first-order valence-electron chi connectivity index (χ1n) is 5.51. The summed E-state index contributed by atoms with van der Waals surface area (Å²) < 4.78 is 43.8. The van der Waals surface area contributed by atoms with Crippen molar-refractivity contribution in [3.05, 3.63) is 29.3 Å². The van der Waals surface area contributed by atoms with Gasteiger partial charge in [-0.25, -0.2) is 0 Å². The summed E-state index contributed by atoms with van der Waals surface area (Å²) >= 11 is 0. The van der Waals surface area contributed by atoms with Crippen LogP contribution in [0.1, 0.15) is 15.9 Å². The van der Waals surface area contributed by atoms with E-state index in [0.717, 1.165) is 6.07 Å². The van der Waals surface area contributed by atoms with Crippen molar-refractivity contribution in [2.24, 2.45) is 0 Å². The molecule has 0 amide bonds. The zero-order chi connectivity index (χ0) is 13.2. The highest BCUT2D eigenvalue weighted by molar-refractivity contribution is 5.78. The van der Waals surface area contributed by atoms with E-state index in [0.29, 0.717) is 32.6 Å². The summed E-state index contributed by atoms with van der Waals surface area (Å²) in [5.41, 5.74) is -0.421. The van der Waals surface area contributed by atoms with Gasteiger partial charge in [0.2, 0.25) is 0 Å². The van der Waals surface area contributed by atoms with E-state index in [1.807, 2.05) is 0 Å². The van der Waals surface area contributed by atoms with Crippen LogP contribution in [0, 0.1) is 0 Å². The number of morpholine rings is 1. The fourth-order valence-electron chi connectivity index (χ4n) is 1.93. The quantitative estimate of drug-likeness (QED) is 0.763. The molecule has 0 N–H and O–H groups in total. The number of nitrogens with zero attached hydrogens (tertiary/aromatic N) is 1. The van der Waals surface area contributed by atoms with Gasteiger partial charge in [0, 0.05) is 24.3 Å². The lowest BCUT2D eigenvalue weighted by Crippen LogP contribution is -2.37. The van der Waals surface area contributed by atoms with Crippen LogP contribution in [0.5, 0.6) is 0 Å². The van der Waals surface area contributed by atoms with Crippen LogP contribution in [0.2, 0.25) is 0 Å². The van der Waals surface area contributed by atoms with Gasteiger partial charge in [-0.2, -0.15) is 13.2 Å². The van der Waals surface area contributed by atoms with Crippen molar-refractivity contribution in [1.82, 2.24) is 0 Å². The van der Waals surface area contributed by atoms with Crippen molar-refractivity contribution < 1.29 is 22.7 Å². The van der Waals surface area contributed by atoms with E-state index in [1.54, 1.807) is 4.90 Å². The predicted octanol–water partition coefficient (Wildman–Crippen LogP) is 2.35. The molecule has 0 spiro atoms. The summed E-state index contributed by atoms with van der Waals surface area (Å²) in [7, 11) is 0. The molecule has 1 heterocycles. The minimum atomic E-state index is -4.42. The van der Waals surface area contributed by atoms with Crippen LogP contribution in [0.4, 0.5) is 18.9 Å². The van der Waals surface area contributed by atoms with Gasteiger partial charge in [-0.05, 0) is 12.1 Å². The van der Waals surface area contributed by atoms with Crippen LogP contribution in [0.25, 0.3) is 0 Å². The largest absolute Gasteiger partial charge is 0.418 e. The molecule has 0 unspecified atom stereocenters. The van der Waals surface area contributed by atoms with Gasteiger partial charge >= 0.3 is 6.18 Å². The number of carbonyl (C=O) groups excluding carboxylic acids is 1. The van der Waals surface area contributed by atoms with Gasteiger partial charge in [-0.1, -0.05) is 6.07 Å². The van der Waals surface area contributed by atoms with Crippen LogP contribution in [0.3, 0.4) is 0 Å². The Morgan fingerprint density at radius 3 is 2.44 bits per heavy atom. The van der Waals surface area contributed by atoms with E-state index in [4.69, 9.17) is 4.74 Å². The lowest BCUT2D eigenvalue weighted by Gasteiger charge is -2.31. The fraction of sp³-hybridized carbons (Fsp3) is 0.417. The fourth-order valence-corrected chi connectivity index (χ4v) is 1.93. The number of alkyl halides is 3. The number of rotatable bonds is 2. The van der Waals surface area contributed by atoms with Crippen LogP contribution in [0.15, 0.2) is 18.2 Å². The molecule has 0 aliphatic carbocycles. The number of aldehydes is 1. The van der Waals surface area contributed by atoms with Crippen molar-refractivity contribution in [3.63, 3.8) is 0 Å². The molecule has 0 aromatic heterocycles. The molecule has 3 nitrogen and oxygen atoms in total. The van der Waals surface area contributed by atoms with Crippen molar-refractivity contribution in [2.75, 3.05) is 31.2 Å². The van der Waals surface area contributed by atoms with Crippen molar-refractivity contribution in [2.45, 2.75) is 6.18 Å². The number of benzene rings is 1. The molecule has 1 aliphatic heterocycles. The van der Waals surface area contributed by atoms with Crippen LogP contribution >= 0.6 is 0 Å². The van der Waals surface area contributed by atoms with Crippen LogP contribution < -0.4 is 4.90 Å². The average molecular weight is 259 g/mol. The Kier molecular flexibility index (Phi) is 3.56. The minimum Gasteiger partial charge on any atom is -0.378 e. The molecule has 1 aromatic rings. The summed E-state index contributed by atoms with van der Waals surface area (Å²) in [4.78, 5) is 12.3. The summed E-state index contributed by atoms with van der Waals surface area (Å²) in [6, 6.07) is 3.41. The Bertz CT molecular complexity index is 439. The molecule has 1 aliphatic rings. The zero-order valence-electron chi connectivity index (χ0n) is 9.54. The highest BCUT2D eigenvalue weighted by Gasteiger charge is 2.35. The molecule has 0 atom stereocenters. The highest BCUT2D eigenvalue weighted by atomic mass is 19.4. The molecule has 1 aromatic carbocycles. The molecule has 2 rings (SSSR count). The molecule has 0 radical (unpaired) electrons. The van der Waals surface area contributed by atoms with E-state index in [1.165, 1.54) is 12.1 Å². The standard InChI is InChI=1S/C12H12F3NO2/c13-12(14,15)10-2-1-9(8-17)7-11(10)16-3-5-18-6-4-16/h1-2,7-8H,3-6H2. The normalized spacial score (nSPS) is 16.7. The van der Waals surface area contributed by atoms with Gasteiger partial charge in [-0.3, -0.25) is 4.79 Å². The predicted molar refractivity (Wildman–Crippen MR) is 59.9 cm³/mol. The van der Waals surface area contributed by atoms with Crippen molar-refractivity contribution in [1.29, 1.82) is 0 Å². The Morgan fingerprint density at radius 1 is 1.22 bits per heavy atom. The number of anilines is 1. The average Bonchev–Trinajstić information content (AvgIpc) is 2.38. The third-order valence-corrected chi connectivity index (χ3v) is 2.82. The SMILES string of the molecule is O=Cc1ccc(C(F)(F)F)c(N2CCOCC2)c1. The van der Waals surface area contributed by atoms with Gasteiger partial charge in [0.25, 0.3) is 0 Å². The van der Waals surface area contributed by atoms with Gasteiger partial charge in [0.1, 0.15) is 6.29 Å². The Balaban J connectivity index is 2.43. The lowest BCUT2D eigenvalue weighted by atomic mass is 10.1. The zero-order valence-corrected chi connectivity index (χ0v) is 9.54. The van der Waals surface area contributed by atoms with E-state index >= 15 is 0 Å². The summed E-state index contributed by atoms with van der Waals surface area (Å²) in [5.74, 6) is 0. The van der Waals surface area contributed by atoms with Crippen molar-refractivity contribution in [3.8, 4) is 0 Å². The first-order valence-corrected chi connectivity index (χ1v) is 5.51. The first kappa shape index (κ1) is 12.9. The van der Waals surface area contributed by atoms with Crippen LogP contribution in [-0.2, 0) is 10.9 Å².